The fourth-order valence-electron chi connectivity index (χ4n) is 4.92. The van der Waals surface area contributed by atoms with E-state index in [4.69, 9.17) is 22.1 Å². The van der Waals surface area contributed by atoms with Crippen LogP contribution in [-0.4, -0.2) is 49.1 Å². The lowest BCUT2D eigenvalue weighted by Gasteiger charge is -2.26. The summed E-state index contributed by atoms with van der Waals surface area (Å²) in [6.45, 7) is 6.63. The molecule has 0 bridgehead atoms. The van der Waals surface area contributed by atoms with Gasteiger partial charge >= 0.3 is 5.69 Å². The van der Waals surface area contributed by atoms with Crippen LogP contribution in [0.3, 0.4) is 0 Å². The summed E-state index contributed by atoms with van der Waals surface area (Å²) in [6.07, 6.45) is 0. The number of nitrogens with one attached hydrogen (secondary N) is 1. The van der Waals surface area contributed by atoms with E-state index in [1.807, 2.05) is 98.1 Å². The predicted octanol–water partition coefficient (Wildman–Crippen LogP) is 5.25. The average Bonchev–Trinajstić information content (AvgIpc) is 3.46. The van der Waals surface area contributed by atoms with Crippen molar-refractivity contribution in [3.8, 4) is 22.8 Å². The van der Waals surface area contributed by atoms with Gasteiger partial charge < -0.3 is 15.4 Å². The number of carbonyl (C=O) groups is 1. The van der Waals surface area contributed by atoms with Crippen molar-refractivity contribution in [1.82, 2.24) is 24.3 Å². The molecule has 46 heavy (non-hydrogen) atoms. The summed E-state index contributed by atoms with van der Waals surface area (Å²) in [5, 5.41) is 9.79. The maximum Gasteiger partial charge on any atom is 0.330 e. The van der Waals surface area contributed by atoms with E-state index in [2.05, 4.69) is 15.2 Å². The summed E-state index contributed by atoms with van der Waals surface area (Å²) < 4.78 is 8.70. The van der Waals surface area contributed by atoms with Crippen molar-refractivity contribution in [1.29, 1.82) is 0 Å². The molecular weight excluding hydrogens is 626 g/mol. The molecule has 0 radical (unpaired) electrons. The van der Waals surface area contributed by atoms with E-state index >= 15 is 0 Å². The second-order valence-electron chi connectivity index (χ2n) is 10.8. The van der Waals surface area contributed by atoms with E-state index < -0.39 is 11.2 Å². The largest absolute Gasteiger partial charge is 0.494 e. The van der Waals surface area contributed by atoms with Gasteiger partial charge in [0.05, 0.1) is 23.9 Å². The molecule has 5 aromatic rings. The standard InChI is InChI=1S/C33H34ClN7O4S/c1-4-45-24-16-14-23(15-17-24)41-30(25-12-8-9-13-26(25)34)37-38-33(41)46-20-27(42)39(18-21(2)3)28-29(35)40(32(44)36-31(28)43)19-22-10-6-5-7-11-22/h5-17,21H,4,18-20,35H2,1-3H3,(H,36,43,44). The first-order chi connectivity index (χ1) is 22.2. The number of amides is 1. The van der Waals surface area contributed by atoms with Crippen molar-refractivity contribution >= 4 is 40.8 Å². The molecule has 0 aliphatic carbocycles. The summed E-state index contributed by atoms with van der Waals surface area (Å²) in [5.74, 6) is 0.625. The molecule has 3 N–H and O–H groups in total. The number of halogens is 1. The lowest BCUT2D eigenvalue weighted by Crippen LogP contribution is -2.43. The highest BCUT2D eigenvalue weighted by molar-refractivity contribution is 7.99. The Morgan fingerprint density at radius 1 is 1.02 bits per heavy atom. The molecule has 5 rings (SSSR count). The average molecular weight is 660 g/mol. The van der Waals surface area contributed by atoms with E-state index in [1.54, 1.807) is 6.07 Å². The molecule has 238 valence electrons. The van der Waals surface area contributed by atoms with Crippen LogP contribution >= 0.6 is 23.4 Å². The summed E-state index contributed by atoms with van der Waals surface area (Å²) in [7, 11) is 0. The third kappa shape index (κ3) is 7.19. The molecule has 0 aliphatic heterocycles. The van der Waals surface area contributed by atoms with Gasteiger partial charge in [0.25, 0.3) is 5.56 Å². The van der Waals surface area contributed by atoms with Crippen molar-refractivity contribution < 1.29 is 9.53 Å². The second-order valence-corrected chi connectivity index (χ2v) is 12.1. The van der Waals surface area contributed by atoms with Crippen LogP contribution in [0.5, 0.6) is 5.75 Å². The summed E-state index contributed by atoms with van der Waals surface area (Å²) in [6, 6.07) is 24.0. The highest BCUT2D eigenvalue weighted by Gasteiger charge is 2.27. The Labute approximate surface area is 275 Å². The SMILES string of the molecule is CCOc1ccc(-n2c(SCC(=O)N(CC(C)C)c3c(N)n(Cc4ccccc4)c(=O)[nH]c3=O)nnc2-c2ccccc2Cl)cc1. The molecule has 13 heteroatoms. The number of H-pyrrole nitrogens is 1. The highest BCUT2D eigenvalue weighted by atomic mass is 35.5. The first-order valence-electron chi connectivity index (χ1n) is 14.7. The number of nitrogens with zero attached hydrogens (tertiary/aromatic N) is 5. The number of benzene rings is 3. The number of rotatable bonds is 12. The van der Waals surface area contributed by atoms with Crippen LogP contribution in [-0.2, 0) is 11.3 Å². The van der Waals surface area contributed by atoms with Gasteiger partial charge in [-0.1, -0.05) is 79.7 Å². The first kappa shape index (κ1) is 32.6. The van der Waals surface area contributed by atoms with Gasteiger partial charge in [-0.25, -0.2) is 4.79 Å². The molecule has 0 saturated heterocycles. The first-order valence-corrected chi connectivity index (χ1v) is 16.1. The zero-order valence-electron chi connectivity index (χ0n) is 25.6. The van der Waals surface area contributed by atoms with E-state index in [-0.39, 0.29) is 42.2 Å². The Balaban J connectivity index is 1.50. The zero-order valence-corrected chi connectivity index (χ0v) is 27.2. The molecule has 2 aromatic heterocycles. The fraction of sp³-hybridized carbons (Fsp3) is 0.242. The van der Waals surface area contributed by atoms with Gasteiger partial charge in [-0.2, -0.15) is 0 Å². The Hall–Kier alpha value is -4.81. The van der Waals surface area contributed by atoms with Gasteiger partial charge in [-0.3, -0.25) is 23.7 Å². The number of nitrogens with two attached hydrogens (primary N) is 1. The molecule has 0 spiro atoms. The number of thioether (sulfide) groups is 1. The number of aromatic amines is 1. The molecule has 0 unspecified atom stereocenters. The number of hydrogen-bond donors (Lipinski definition) is 2. The zero-order chi connectivity index (χ0) is 32.8. The summed E-state index contributed by atoms with van der Waals surface area (Å²) in [5.41, 5.74) is 7.23. The number of carbonyl (C=O) groups excluding carboxylic acids is 1. The van der Waals surface area contributed by atoms with Crippen molar-refractivity contribution in [3.05, 3.63) is 110 Å². The Morgan fingerprint density at radius 2 is 1.72 bits per heavy atom. The predicted molar refractivity (Wildman–Crippen MR) is 182 cm³/mol. The van der Waals surface area contributed by atoms with Gasteiger partial charge in [-0.15, -0.1) is 10.2 Å². The molecule has 0 fully saturated rings. The maximum atomic E-state index is 13.9. The van der Waals surface area contributed by atoms with Gasteiger partial charge in [0.15, 0.2) is 16.7 Å². The van der Waals surface area contributed by atoms with Crippen LogP contribution < -0.4 is 26.6 Å². The smallest absolute Gasteiger partial charge is 0.330 e. The van der Waals surface area contributed by atoms with Crippen molar-refractivity contribution in [2.75, 3.05) is 29.5 Å². The van der Waals surface area contributed by atoms with E-state index in [9.17, 15) is 14.4 Å². The van der Waals surface area contributed by atoms with E-state index in [0.29, 0.717) is 33.9 Å². The molecule has 0 saturated carbocycles. The number of aromatic nitrogens is 5. The highest BCUT2D eigenvalue weighted by Crippen LogP contribution is 2.33. The van der Waals surface area contributed by atoms with E-state index in [0.717, 1.165) is 23.0 Å². The van der Waals surface area contributed by atoms with Crippen LogP contribution in [0, 0.1) is 5.92 Å². The normalized spacial score (nSPS) is 11.2. The fourth-order valence-corrected chi connectivity index (χ4v) is 5.97. The molecule has 3 aromatic carbocycles. The lowest BCUT2D eigenvalue weighted by molar-refractivity contribution is -0.116. The van der Waals surface area contributed by atoms with Gasteiger partial charge in [0.2, 0.25) is 5.91 Å². The Morgan fingerprint density at radius 3 is 2.39 bits per heavy atom. The minimum atomic E-state index is -0.732. The minimum absolute atomic E-state index is 0.0124. The molecular formula is C33H34ClN7O4S. The quantitative estimate of drug-likeness (QED) is 0.173. The third-order valence-electron chi connectivity index (χ3n) is 7.00. The minimum Gasteiger partial charge on any atom is -0.494 e. The van der Waals surface area contributed by atoms with Crippen molar-refractivity contribution in [2.24, 2.45) is 5.92 Å². The molecule has 1 amide bonds. The van der Waals surface area contributed by atoms with Gasteiger partial charge in [-0.05, 0) is 54.8 Å². The molecule has 2 heterocycles. The lowest BCUT2D eigenvalue weighted by atomic mass is 10.2. The van der Waals surface area contributed by atoms with Crippen molar-refractivity contribution in [2.45, 2.75) is 32.5 Å². The van der Waals surface area contributed by atoms with Gasteiger partial charge in [0, 0.05) is 17.8 Å². The Kier molecular flexibility index (Phi) is 10.3. The maximum absolute atomic E-state index is 13.9. The molecule has 0 aliphatic rings. The Bertz CT molecular complexity index is 1940. The summed E-state index contributed by atoms with van der Waals surface area (Å²) in [4.78, 5) is 43.6. The molecule has 11 nitrogen and oxygen atoms in total. The number of ether oxygens (including phenoxy) is 1. The number of nitrogen functional groups attached to an aromatic ring is 1. The number of anilines is 2. The second kappa shape index (κ2) is 14.5. The van der Waals surface area contributed by atoms with Crippen LogP contribution in [0.2, 0.25) is 5.02 Å². The van der Waals surface area contributed by atoms with Crippen LogP contribution in [0.15, 0.2) is 93.6 Å². The third-order valence-corrected chi connectivity index (χ3v) is 8.24. The van der Waals surface area contributed by atoms with E-state index in [1.165, 1.54) is 9.47 Å². The van der Waals surface area contributed by atoms with Gasteiger partial charge in [0.1, 0.15) is 11.6 Å². The summed E-state index contributed by atoms with van der Waals surface area (Å²) >= 11 is 7.71. The topological polar surface area (TPSA) is 141 Å². The van der Waals surface area contributed by atoms with Crippen LogP contribution in [0.1, 0.15) is 26.3 Å². The van der Waals surface area contributed by atoms with Crippen molar-refractivity contribution in [3.63, 3.8) is 0 Å². The number of hydrogen-bond acceptors (Lipinski definition) is 8. The monoisotopic (exact) mass is 659 g/mol. The van der Waals surface area contributed by atoms with Crippen LogP contribution in [0.25, 0.3) is 17.1 Å². The molecule has 0 atom stereocenters. The van der Waals surface area contributed by atoms with Crippen LogP contribution in [0.4, 0.5) is 11.5 Å².